The average Bonchev–Trinajstić information content (AvgIpc) is 2.90. The zero-order chi connectivity index (χ0) is 26.5. The third-order valence-electron chi connectivity index (χ3n) is 5.17. The first-order chi connectivity index (χ1) is 17.7. The molecule has 0 bridgehead atoms. The first-order valence-electron chi connectivity index (χ1n) is 10.8. The van der Waals surface area contributed by atoms with Gasteiger partial charge in [0.1, 0.15) is 16.8 Å². The molecule has 4 aromatic rings. The van der Waals surface area contributed by atoms with Crippen LogP contribution in [-0.4, -0.2) is 11.8 Å². The van der Waals surface area contributed by atoms with Gasteiger partial charge in [-0.05, 0) is 54.1 Å². The van der Waals surface area contributed by atoms with Gasteiger partial charge in [-0.3, -0.25) is 9.59 Å². The molecule has 2 N–H and O–H groups in total. The van der Waals surface area contributed by atoms with E-state index >= 15 is 0 Å². The fourth-order valence-corrected chi connectivity index (χ4v) is 4.35. The molecule has 0 aromatic heterocycles. The molecule has 1 atom stereocenters. The van der Waals surface area contributed by atoms with Crippen molar-refractivity contribution in [2.75, 3.05) is 10.6 Å². The maximum absolute atomic E-state index is 14.1. The molecule has 0 aliphatic rings. The fraction of sp³-hybridized carbons (Fsp3) is 0.0370. The highest BCUT2D eigenvalue weighted by atomic mass is 32.2. The maximum Gasteiger partial charge on any atom is 0.255 e. The highest BCUT2D eigenvalue weighted by molar-refractivity contribution is 8.00. The van der Waals surface area contributed by atoms with Gasteiger partial charge >= 0.3 is 0 Å². The van der Waals surface area contributed by atoms with Gasteiger partial charge in [0.05, 0.1) is 0 Å². The van der Waals surface area contributed by atoms with Crippen LogP contribution in [0, 0.1) is 29.1 Å². The lowest BCUT2D eigenvalue weighted by molar-refractivity contribution is -0.115. The van der Waals surface area contributed by atoms with Crippen LogP contribution in [0.4, 0.5) is 33.3 Å². The molecule has 2 amide bonds. The summed E-state index contributed by atoms with van der Waals surface area (Å²) in [4.78, 5) is 25.9. The van der Waals surface area contributed by atoms with E-state index in [2.05, 4.69) is 5.32 Å². The molecule has 1 unspecified atom stereocenters. The minimum Gasteiger partial charge on any atom is -0.322 e. The van der Waals surface area contributed by atoms with Crippen molar-refractivity contribution in [3.05, 3.63) is 125 Å². The molecule has 0 spiro atoms. The number of rotatable bonds is 7. The number of carbonyl (C=O) groups is 2. The third-order valence-corrected chi connectivity index (χ3v) is 6.44. The van der Waals surface area contributed by atoms with Gasteiger partial charge in [-0.1, -0.05) is 30.3 Å². The van der Waals surface area contributed by atoms with E-state index in [1.54, 1.807) is 54.6 Å². The highest BCUT2D eigenvalue weighted by Crippen LogP contribution is 2.37. The average molecular weight is 529 g/mol. The second kappa shape index (κ2) is 11.3. The number of halogens is 5. The van der Waals surface area contributed by atoms with Crippen LogP contribution in [0.3, 0.4) is 0 Å². The van der Waals surface area contributed by atoms with Crippen molar-refractivity contribution in [2.45, 2.75) is 10.1 Å². The number of hydrogen-bond acceptors (Lipinski definition) is 3. The number of benzene rings is 4. The largest absolute Gasteiger partial charge is 0.322 e. The Balaban J connectivity index is 1.54. The van der Waals surface area contributed by atoms with Crippen molar-refractivity contribution in [3.8, 4) is 0 Å². The Morgan fingerprint density at radius 1 is 0.703 bits per heavy atom. The summed E-state index contributed by atoms with van der Waals surface area (Å²) in [6, 6.07) is 19.7. The molecule has 0 heterocycles. The summed E-state index contributed by atoms with van der Waals surface area (Å²) >= 11 is 1.02. The van der Waals surface area contributed by atoms with Crippen molar-refractivity contribution in [1.29, 1.82) is 0 Å². The molecule has 4 aromatic carbocycles. The van der Waals surface area contributed by atoms with Crippen LogP contribution in [0.2, 0.25) is 0 Å². The molecule has 0 saturated heterocycles. The Hall–Kier alpha value is -4.18. The molecule has 37 heavy (non-hydrogen) atoms. The molecule has 10 heteroatoms. The highest BCUT2D eigenvalue weighted by Gasteiger charge is 2.27. The molecule has 0 fully saturated rings. The van der Waals surface area contributed by atoms with E-state index in [1.807, 2.05) is 5.32 Å². The Labute approximate surface area is 212 Å². The van der Waals surface area contributed by atoms with E-state index in [-0.39, 0.29) is 11.6 Å². The Morgan fingerprint density at radius 2 is 1.30 bits per heavy atom. The van der Waals surface area contributed by atoms with Gasteiger partial charge in [-0.2, -0.15) is 0 Å². The molecule has 0 aliphatic heterocycles. The minimum absolute atomic E-state index is 0.0557. The van der Waals surface area contributed by atoms with Crippen molar-refractivity contribution in [2.24, 2.45) is 0 Å². The fourth-order valence-electron chi connectivity index (χ4n) is 3.33. The summed E-state index contributed by atoms with van der Waals surface area (Å²) in [5, 5.41) is 3.58. The standard InChI is InChI=1S/C27H17F5N2O2S/c28-17-8-6-16(7-9-17)26(35)33-18-10-12-19(13-11-18)37-25(15-4-2-1-3-5-15)27(36)34-24-22(31)20(29)14-21(30)23(24)32/h1-14,25H,(H,33,35)(H,34,36). The van der Waals surface area contributed by atoms with E-state index in [0.29, 0.717) is 16.1 Å². The first kappa shape index (κ1) is 25.9. The van der Waals surface area contributed by atoms with Gasteiger partial charge in [0, 0.05) is 22.2 Å². The topological polar surface area (TPSA) is 58.2 Å². The number of carbonyl (C=O) groups excluding carboxylic acids is 2. The molecule has 4 nitrogen and oxygen atoms in total. The zero-order valence-electron chi connectivity index (χ0n) is 18.8. The minimum atomic E-state index is -1.72. The van der Waals surface area contributed by atoms with Crippen LogP contribution >= 0.6 is 11.8 Å². The van der Waals surface area contributed by atoms with Crippen molar-refractivity contribution >= 4 is 35.0 Å². The normalized spacial score (nSPS) is 11.6. The van der Waals surface area contributed by atoms with Crippen molar-refractivity contribution < 1.29 is 31.5 Å². The van der Waals surface area contributed by atoms with Gasteiger partial charge in [-0.25, -0.2) is 22.0 Å². The molecule has 0 aliphatic carbocycles. The van der Waals surface area contributed by atoms with Crippen LogP contribution in [0.15, 0.2) is 89.8 Å². The Kier molecular flexibility index (Phi) is 7.88. The summed E-state index contributed by atoms with van der Waals surface area (Å²) in [6.07, 6.45) is 0. The number of amides is 2. The number of thioether (sulfide) groups is 1. The monoisotopic (exact) mass is 528 g/mol. The zero-order valence-corrected chi connectivity index (χ0v) is 19.6. The predicted octanol–water partition coefficient (Wildman–Crippen LogP) is 7.11. The second-order valence-electron chi connectivity index (χ2n) is 7.73. The van der Waals surface area contributed by atoms with Crippen molar-refractivity contribution in [1.82, 2.24) is 0 Å². The van der Waals surface area contributed by atoms with Crippen LogP contribution in [-0.2, 0) is 4.79 Å². The molecule has 0 radical (unpaired) electrons. The lowest BCUT2D eigenvalue weighted by Gasteiger charge is -2.18. The van der Waals surface area contributed by atoms with Gasteiger partial charge in [-0.15, -0.1) is 11.8 Å². The van der Waals surface area contributed by atoms with E-state index < -0.39 is 51.8 Å². The summed E-state index contributed by atoms with van der Waals surface area (Å²) in [5.74, 6) is -8.55. The quantitative estimate of drug-likeness (QED) is 0.153. The number of nitrogens with one attached hydrogen (secondary N) is 2. The lowest BCUT2D eigenvalue weighted by Crippen LogP contribution is -2.21. The molecule has 0 saturated carbocycles. The van der Waals surface area contributed by atoms with Gasteiger partial charge < -0.3 is 10.6 Å². The Bertz CT molecular complexity index is 1410. The van der Waals surface area contributed by atoms with Crippen LogP contribution in [0.1, 0.15) is 21.2 Å². The predicted molar refractivity (Wildman–Crippen MR) is 131 cm³/mol. The van der Waals surface area contributed by atoms with Gasteiger partial charge in [0.15, 0.2) is 23.3 Å². The van der Waals surface area contributed by atoms with Crippen LogP contribution in [0.25, 0.3) is 0 Å². The molecular formula is C27H17F5N2O2S. The summed E-state index contributed by atoms with van der Waals surface area (Å²) in [5.41, 5.74) is -0.0630. The lowest BCUT2D eigenvalue weighted by atomic mass is 10.1. The molecule has 188 valence electrons. The SMILES string of the molecule is O=C(Nc1ccc(SC(C(=O)Nc2c(F)c(F)cc(F)c2F)c2ccccc2)cc1)c1ccc(F)cc1. The third kappa shape index (κ3) is 6.15. The van der Waals surface area contributed by atoms with E-state index in [0.717, 1.165) is 11.8 Å². The van der Waals surface area contributed by atoms with Gasteiger partial charge in [0.25, 0.3) is 5.91 Å². The van der Waals surface area contributed by atoms with Gasteiger partial charge in [0.2, 0.25) is 5.91 Å². The van der Waals surface area contributed by atoms with E-state index in [4.69, 9.17) is 0 Å². The Morgan fingerprint density at radius 3 is 1.89 bits per heavy atom. The smallest absolute Gasteiger partial charge is 0.255 e. The van der Waals surface area contributed by atoms with Crippen LogP contribution < -0.4 is 10.6 Å². The summed E-state index contributed by atoms with van der Waals surface area (Å²) in [6.45, 7) is 0. The maximum atomic E-state index is 14.1. The first-order valence-corrected chi connectivity index (χ1v) is 11.6. The molecule has 4 rings (SSSR count). The number of hydrogen-bond donors (Lipinski definition) is 2. The second-order valence-corrected chi connectivity index (χ2v) is 8.90. The molecular weight excluding hydrogens is 511 g/mol. The number of anilines is 2. The van der Waals surface area contributed by atoms with E-state index in [1.165, 1.54) is 24.3 Å². The summed E-state index contributed by atoms with van der Waals surface area (Å²) < 4.78 is 68.6. The van der Waals surface area contributed by atoms with Crippen LogP contribution in [0.5, 0.6) is 0 Å². The van der Waals surface area contributed by atoms with E-state index in [9.17, 15) is 31.5 Å². The van der Waals surface area contributed by atoms with Crippen molar-refractivity contribution in [3.63, 3.8) is 0 Å². The summed E-state index contributed by atoms with van der Waals surface area (Å²) in [7, 11) is 0.